The summed E-state index contributed by atoms with van der Waals surface area (Å²) in [4.78, 5) is 23.1. The number of methoxy groups -OCH3 is 1. The highest BCUT2D eigenvalue weighted by atomic mass is 16.5. The van der Waals surface area contributed by atoms with Crippen molar-refractivity contribution in [1.82, 2.24) is 5.32 Å². The fourth-order valence-corrected chi connectivity index (χ4v) is 2.48. The lowest BCUT2D eigenvalue weighted by molar-refractivity contribution is -0.148. The lowest BCUT2D eigenvalue weighted by atomic mass is 9.86. The summed E-state index contributed by atoms with van der Waals surface area (Å²) < 4.78 is 4.90. The topological polar surface area (TPSA) is 102 Å². The summed E-state index contributed by atoms with van der Waals surface area (Å²) in [6, 6.07) is -0.595. The number of carbonyl (C=O) groups is 2. The smallest absolute Gasteiger partial charge is 0.311 e. The highest BCUT2D eigenvalue weighted by molar-refractivity contribution is 5.82. The Morgan fingerprint density at radius 3 is 2.58 bits per heavy atom. The summed E-state index contributed by atoms with van der Waals surface area (Å²) in [6.45, 7) is 0.749. The zero-order chi connectivity index (χ0) is 14.3. The first-order valence-corrected chi connectivity index (χ1v) is 6.77. The highest BCUT2D eigenvalue weighted by Gasteiger charge is 2.41. The monoisotopic (exact) mass is 272 g/mol. The third-order valence-electron chi connectivity index (χ3n) is 3.82. The summed E-state index contributed by atoms with van der Waals surface area (Å²) >= 11 is 0. The number of carbonyl (C=O) groups excluding carboxylic acids is 1. The van der Waals surface area contributed by atoms with Crippen LogP contribution in [0.3, 0.4) is 0 Å². The van der Waals surface area contributed by atoms with Crippen LogP contribution in [0, 0.1) is 5.41 Å². The lowest BCUT2D eigenvalue weighted by Gasteiger charge is -2.24. The molecule has 0 saturated heterocycles. The van der Waals surface area contributed by atoms with Gasteiger partial charge < -0.3 is 20.9 Å². The summed E-state index contributed by atoms with van der Waals surface area (Å²) in [7, 11) is 1.60. The van der Waals surface area contributed by atoms with Gasteiger partial charge in [0.2, 0.25) is 5.91 Å². The van der Waals surface area contributed by atoms with Gasteiger partial charge in [-0.15, -0.1) is 0 Å². The quantitative estimate of drug-likeness (QED) is 0.558. The van der Waals surface area contributed by atoms with Gasteiger partial charge >= 0.3 is 5.97 Å². The van der Waals surface area contributed by atoms with E-state index >= 15 is 0 Å². The van der Waals surface area contributed by atoms with Crippen LogP contribution in [0.5, 0.6) is 0 Å². The van der Waals surface area contributed by atoms with Gasteiger partial charge in [-0.25, -0.2) is 0 Å². The molecule has 1 amide bonds. The van der Waals surface area contributed by atoms with E-state index in [4.69, 9.17) is 10.5 Å². The third-order valence-corrected chi connectivity index (χ3v) is 3.82. The minimum atomic E-state index is -0.821. The maximum absolute atomic E-state index is 11.8. The second-order valence-corrected chi connectivity index (χ2v) is 5.25. The largest absolute Gasteiger partial charge is 0.481 e. The number of ether oxygens (including phenoxy) is 1. The summed E-state index contributed by atoms with van der Waals surface area (Å²) in [5.41, 5.74) is 4.96. The van der Waals surface area contributed by atoms with Gasteiger partial charge in [-0.1, -0.05) is 12.8 Å². The SMILES string of the molecule is COCCCC(N)C(=O)NCC1(C(=O)O)CCCC1. The number of carboxylic acids is 1. The van der Waals surface area contributed by atoms with E-state index in [1.54, 1.807) is 7.11 Å². The zero-order valence-corrected chi connectivity index (χ0v) is 11.5. The molecule has 1 rings (SSSR count). The highest BCUT2D eigenvalue weighted by Crippen LogP contribution is 2.37. The molecule has 1 fully saturated rings. The molecule has 0 spiro atoms. The van der Waals surface area contributed by atoms with E-state index in [1.807, 2.05) is 0 Å². The fraction of sp³-hybridized carbons (Fsp3) is 0.846. The minimum absolute atomic E-state index is 0.180. The van der Waals surface area contributed by atoms with Gasteiger partial charge in [-0.05, 0) is 25.7 Å². The van der Waals surface area contributed by atoms with Gasteiger partial charge in [0.05, 0.1) is 11.5 Å². The van der Waals surface area contributed by atoms with Gasteiger partial charge in [0.25, 0.3) is 0 Å². The number of nitrogens with one attached hydrogen (secondary N) is 1. The van der Waals surface area contributed by atoms with E-state index in [-0.39, 0.29) is 12.5 Å². The molecular formula is C13H24N2O4. The van der Waals surface area contributed by atoms with Crippen LogP contribution in [-0.4, -0.2) is 43.3 Å². The van der Waals surface area contributed by atoms with E-state index in [1.165, 1.54) is 0 Å². The van der Waals surface area contributed by atoms with Crippen molar-refractivity contribution in [2.75, 3.05) is 20.3 Å². The zero-order valence-electron chi connectivity index (χ0n) is 11.5. The Balaban J connectivity index is 2.37. The number of hydrogen-bond donors (Lipinski definition) is 3. The van der Waals surface area contributed by atoms with Gasteiger partial charge in [0.15, 0.2) is 0 Å². The van der Waals surface area contributed by atoms with Crippen molar-refractivity contribution in [3.8, 4) is 0 Å². The van der Waals surface area contributed by atoms with Crippen molar-refractivity contribution in [3.63, 3.8) is 0 Å². The predicted octanol–water partition coefficient (Wildman–Crippen LogP) is 0.502. The van der Waals surface area contributed by atoms with Crippen LogP contribution in [0.1, 0.15) is 38.5 Å². The van der Waals surface area contributed by atoms with Crippen LogP contribution >= 0.6 is 0 Å². The van der Waals surface area contributed by atoms with E-state index in [0.717, 1.165) is 19.3 Å². The molecule has 1 saturated carbocycles. The van der Waals surface area contributed by atoms with Crippen molar-refractivity contribution in [1.29, 1.82) is 0 Å². The van der Waals surface area contributed by atoms with Crippen LogP contribution in [0.25, 0.3) is 0 Å². The first kappa shape index (κ1) is 15.9. The molecule has 0 heterocycles. The van der Waals surface area contributed by atoms with Crippen molar-refractivity contribution in [3.05, 3.63) is 0 Å². The molecule has 1 atom stereocenters. The van der Waals surface area contributed by atoms with Gasteiger partial charge in [-0.2, -0.15) is 0 Å². The molecule has 0 aromatic carbocycles. The molecule has 1 aliphatic rings. The second kappa shape index (κ2) is 7.45. The minimum Gasteiger partial charge on any atom is -0.481 e. The summed E-state index contributed by atoms with van der Waals surface area (Å²) in [5.74, 6) is -1.10. The molecule has 1 unspecified atom stereocenters. The van der Waals surface area contributed by atoms with E-state index in [2.05, 4.69) is 5.32 Å². The van der Waals surface area contributed by atoms with E-state index in [9.17, 15) is 14.7 Å². The molecule has 6 nitrogen and oxygen atoms in total. The van der Waals surface area contributed by atoms with Crippen molar-refractivity contribution < 1.29 is 19.4 Å². The molecule has 19 heavy (non-hydrogen) atoms. The molecule has 4 N–H and O–H groups in total. The molecule has 0 aromatic rings. The molecule has 0 aromatic heterocycles. The van der Waals surface area contributed by atoms with E-state index in [0.29, 0.717) is 25.9 Å². The average Bonchev–Trinajstić information content (AvgIpc) is 2.86. The Morgan fingerprint density at radius 2 is 2.05 bits per heavy atom. The standard InChI is InChI=1S/C13H24N2O4/c1-19-8-4-5-10(14)11(16)15-9-13(12(17)18)6-2-3-7-13/h10H,2-9,14H2,1H3,(H,15,16)(H,17,18). The number of rotatable bonds is 8. The number of hydrogen-bond acceptors (Lipinski definition) is 4. The third kappa shape index (κ3) is 4.47. The maximum Gasteiger partial charge on any atom is 0.311 e. The molecule has 6 heteroatoms. The molecule has 0 radical (unpaired) electrons. The Labute approximate surface area is 113 Å². The lowest BCUT2D eigenvalue weighted by Crippen LogP contribution is -2.47. The van der Waals surface area contributed by atoms with Crippen molar-refractivity contribution in [2.24, 2.45) is 11.1 Å². The molecule has 110 valence electrons. The number of carboxylic acid groups (broad SMARTS) is 1. The fourth-order valence-electron chi connectivity index (χ4n) is 2.48. The van der Waals surface area contributed by atoms with Crippen LogP contribution < -0.4 is 11.1 Å². The average molecular weight is 272 g/mol. The molecule has 0 aliphatic heterocycles. The Hall–Kier alpha value is -1.14. The molecule has 1 aliphatic carbocycles. The predicted molar refractivity (Wildman–Crippen MR) is 70.6 cm³/mol. The van der Waals surface area contributed by atoms with Crippen LogP contribution in [-0.2, 0) is 14.3 Å². The van der Waals surface area contributed by atoms with Crippen molar-refractivity contribution in [2.45, 2.75) is 44.6 Å². The number of amides is 1. The Morgan fingerprint density at radius 1 is 1.42 bits per heavy atom. The number of aliphatic carboxylic acids is 1. The first-order chi connectivity index (χ1) is 9.02. The van der Waals surface area contributed by atoms with E-state index < -0.39 is 17.4 Å². The van der Waals surface area contributed by atoms with Crippen LogP contribution in [0.4, 0.5) is 0 Å². The summed E-state index contributed by atoms with van der Waals surface area (Å²) in [5, 5.41) is 12.0. The van der Waals surface area contributed by atoms with Crippen molar-refractivity contribution >= 4 is 11.9 Å². The molecular weight excluding hydrogens is 248 g/mol. The van der Waals surface area contributed by atoms with Crippen LogP contribution in [0.15, 0.2) is 0 Å². The Kier molecular flexibility index (Phi) is 6.24. The van der Waals surface area contributed by atoms with Gasteiger partial charge in [0, 0.05) is 20.3 Å². The maximum atomic E-state index is 11.8. The number of nitrogens with two attached hydrogens (primary N) is 1. The second-order valence-electron chi connectivity index (χ2n) is 5.25. The molecule has 0 bridgehead atoms. The summed E-state index contributed by atoms with van der Waals surface area (Å²) in [6.07, 6.45) is 4.32. The first-order valence-electron chi connectivity index (χ1n) is 6.77. The van der Waals surface area contributed by atoms with Gasteiger partial charge in [0.1, 0.15) is 0 Å². The van der Waals surface area contributed by atoms with Crippen LogP contribution in [0.2, 0.25) is 0 Å². The van der Waals surface area contributed by atoms with Gasteiger partial charge in [-0.3, -0.25) is 9.59 Å². The normalized spacial score (nSPS) is 19.1. The Bertz CT molecular complexity index is 314.